The number of rotatable bonds is 5. The van der Waals surface area contributed by atoms with Gasteiger partial charge in [-0.3, -0.25) is 9.36 Å². The number of aryl methyl sites for hydroxylation is 3. The van der Waals surface area contributed by atoms with Crippen LogP contribution in [0.2, 0.25) is 0 Å². The first-order valence-electron chi connectivity index (χ1n) is 10.2. The van der Waals surface area contributed by atoms with E-state index in [-0.39, 0.29) is 5.91 Å². The smallest absolute Gasteiger partial charge is 0.233 e. The van der Waals surface area contributed by atoms with Crippen molar-refractivity contribution in [3.63, 3.8) is 0 Å². The third kappa shape index (κ3) is 4.36. The molecule has 0 radical (unpaired) electrons. The molecule has 1 aromatic heterocycles. The van der Waals surface area contributed by atoms with Crippen molar-refractivity contribution in [2.75, 3.05) is 36.8 Å². The maximum Gasteiger partial charge on any atom is 0.233 e. The Labute approximate surface area is 181 Å². The summed E-state index contributed by atoms with van der Waals surface area (Å²) in [6.07, 6.45) is 0. The molecule has 0 atom stereocenters. The number of thioether (sulfide) groups is 1. The Bertz CT molecular complexity index is 1030. The van der Waals surface area contributed by atoms with Gasteiger partial charge in [0.1, 0.15) is 5.82 Å². The first-order chi connectivity index (χ1) is 14.5. The number of hydrogen-bond acceptors (Lipinski definition) is 5. The minimum atomic E-state index is 0.154. The van der Waals surface area contributed by atoms with E-state index >= 15 is 0 Å². The Hall–Kier alpha value is -2.80. The number of anilines is 1. The van der Waals surface area contributed by atoms with Crippen molar-refractivity contribution < 1.29 is 4.79 Å². The second-order valence-corrected chi connectivity index (χ2v) is 8.59. The van der Waals surface area contributed by atoms with Crippen LogP contribution in [0.4, 0.5) is 5.69 Å². The van der Waals surface area contributed by atoms with Crippen molar-refractivity contribution in [3.05, 3.63) is 65.5 Å². The number of para-hydroxylation sites is 1. The van der Waals surface area contributed by atoms with Crippen LogP contribution in [0, 0.1) is 20.8 Å². The third-order valence-corrected chi connectivity index (χ3v) is 6.39. The molecular weight excluding hydrogens is 394 g/mol. The Balaban J connectivity index is 1.39. The summed E-state index contributed by atoms with van der Waals surface area (Å²) in [7, 11) is 0. The van der Waals surface area contributed by atoms with E-state index in [2.05, 4.69) is 71.4 Å². The van der Waals surface area contributed by atoms with Gasteiger partial charge in [0.25, 0.3) is 0 Å². The molecule has 2 aromatic carbocycles. The van der Waals surface area contributed by atoms with Crippen molar-refractivity contribution >= 4 is 23.4 Å². The topological polar surface area (TPSA) is 54.3 Å². The van der Waals surface area contributed by atoms with Crippen molar-refractivity contribution in [1.82, 2.24) is 19.7 Å². The predicted molar refractivity (Wildman–Crippen MR) is 122 cm³/mol. The minimum Gasteiger partial charge on any atom is -0.368 e. The zero-order chi connectivity index (χ0) is 21.1. The maximum atomic E-state index is 12.8. The minimum absolute atomic E-state index is 0.154. The SMILES string of the molecule is Cc1ccc(C)c(-n2c(C)nnc2SCC(=O)N2CCN(c3ccccc3)CC2)c1. The number of aromatic nitrogens is 3. The van der Waals surface area contributed by atoms with E-state index in [4.69, 9.17) is 0 Å². The zero-order valence-corrected chi connectivity index (χ0v) is 18.5. The lowest BCUT2D eigenvalue weighted by atomic mass is 10.1. The van der Waals surface area contributed by atoms with Gasteiger partial charge in [-0.15, -0.1) is 10.2 Å². The van der Waals surface area contributed by atoms with Crippen LogP contribution in [0.25, 0.3) is 5.69 Å². The van der Waals surface area contributed by atoms with Crippen molar-refractivity contribution in [2.45, 2.75) is 25.9 Å². The maximum absolute atomic E-state index is 12.8. The normalized spacial score (nSPS) is 14.2. The molecule has 4 rings (SSSR count). The Morgan fingerprint density at radius 1 is 0.967 bits per heavy atom. The highest BCUT2D eigenvalue weighted by atomic mass is 32.2. The molecule has 0 bridgehead atoms. The number of piperazine rings is 1. The van der Waals surface area contributed by atoms with Crippen LogP contribution in [0.5, 0.6) is 0 Å². The molecule has 1 saturated heterocycles. The van der Waals surface area contributed by atoms with Crippen LogP contribution in [-0.2, 0) is 4.79 Å². The number of carbonyl (C=O) groups excluding carboxylic acids is 1. The molecule has 1 aliphatic heterocycles. The molecule has 6 nitrogen and oxygen atoms in total. The molecule has 1 aliphatic rings. The largest absolute Gasteiger partial charge is 0.368 e. The average Bonchev–Trinajstić information content (AvgIpc) is 3.14. The highest BCUT2D eigenvalue weighted by Crippen LogP contribution is 2.25. The molecule has 0 aliphatic carbocycles. The van der Waals surface area contributed by atoms with Gasteiger partial charge in [-0.05, 0) is 50.1 Å². The van der Waals surface area contributed by atoms with Crippen molar-refractivity contribution in [2.24, 2.45) is 0 Å². The molecule has 1 fully saturated rings. The molecule has 7 heteroatoms. The number of carbonyl (C=O) groups is 1. The van der Waals surface area contributed by atoms with Crippen LogP contribution in [0.3, 0.4) is 0 Å². The number of hydrogen-bond donors (Lipinski definition) is 0. The highest BCUT2D eigenvalue weighted by molar-refractivity contribution is 7.99. The van der Waals surface area contributed by atoms with Gasteiger partial charge in [-0.25, -0.2) is 0 Å². The lowest BCUT2D eigenvalue weighted by Crippen LogP contribution is -2.49. The van der Waals surface area contributed by atoms with E-state index in [1.807, 2.05) is 22.5 Å². The van der Waals surface area contributed by atoms with Crippen LogP contribution < -0.4 is 4.90 Å². The van der Waals surface area contributed by atoms with Crippen LogP contribution >= 0.6 is 11.8 Å². The summed E-state index contributed by atoms with van der Waals surface area (Å²) in [5, 5.41) is 9.35. The predicted octanol–water partition coefficient (Wildman–Crippen LogP) is 3.63. The van der Waals surface area contributed by atoms with Gasteiger partial charge in [0, 0.05) is 31.9 Å². The van der Waals surface area contributed by atoms with E-state index in [1.165, 1.54) is 23.0 Å². The zero-order valence-electron chi connectivity index (χ0n) is 17.7. The summed E-state index contributed by atoms with van der Waals surface area (Å²) in [6.45, 7) is 9.32. The molecule has 3 aromatic rings. The molecule has 0 saturated carbocycles. The van der Waals surface area contributed by atoms with Gasteiger partial charge in [0.2, 0.25) is 5.91 Å². The standard InChI is InChI=1S/C23H27N5OS/c1-17-9-10-18(2)21(15-17)28-19(3)24-25-23(28)30-16-22(29)27-13-11-26(12-14-27)20-7-5-4-6-8-20/h4-10,15H,11-14,16H2,1-3H3. The first-order valence-corrected chi connectivity index (χ1v) is 11.2. The number of nitrogens with zero attached hydrogens (tertiary/aromatic N) is 5. The lowest BCUT2D eigenvalue weighted by molar-refractivity contribution is -0.128. The summed E-state index contributed by atoms with van der Waals surface area (Å²) in [4.78, 5) is 17.1. The first kappa shape index (κ1) is 20.5. The van der Waals surface area contributed by atoms with Gasteiger partial charge in [0.05, 0.1) is 11.4 Å². The summed E-state index contributed by atoms with van der Waals surface area (Å²) in [5.74, 6) is 1.35. The molecule has 0 spiro atoms. The second kappa shape index (κ2) is 8.92. The van der Waals surface area contributed by atoms with E-state index < -0.39 is 0 Å². The lowest BCUT2D eigenvalue weighted by Gasteiger charge is -2.36. The van der Waals surface area contributed by atoms with Gasteiger partial charge < -0.3 is 9.80 Å². The molecular formula is C23H27N5OS. The van der Waals surface area contributed by atoms with Crippen LogP contribution in [-0.4, -0.2) is 57.5 Å². The summed E-state index contributed by atoms with van der Waals surface area (Å²) >= 11 is 1.46. The van der Waals surface area contributed by atoms with E-state index in [9.17, 15) is 4.79 Å². The molecule has 1 amide bonds. The van der Waals surface area contributed by atoms with Crippen molar-refractivity contribution in [1.29, 1.82) is 0 Å². The van der Waals surface area contributed by atoms with Crippen molar-refractivity contribution in [3.8, 4) is 5.69 Å². The quantitative estimate of drug-likeness (QED) is 0.589. The van der Waals surface area contributed by atoms with Crippen LogP contribution in [0.15, 0.2) is 53.7 Å². The molecule has 156 valence electrons. The van der Waals surface area contributed by atoms with Gasteiger partial charge in [0.15, 0.2) is 5.16 Å². The summed E-state index contributed by atoms with van der Waals surface area (Å²) in [6, 6.07) is 16.7. The second-order valence-electron chi connectivity index (χ2n) is 7.65. The Morgan fingerprint density at radius 3 is 2.43 bits per heavy atom. The fourth-order valence-electron chi connectivity index (χ4n) is 3.74. The van der Waals surface area contributed by atoms with E-state index in [1.54, 1.807) is 0 Å². The highest BCUT2D eigenvalue weighted by Gasteiger charge is 2.22. The Kier molecular flexibility index (Phi) is 6.08. The van der Waals surface area contributed by atoms with Gasteiger partial charge in [-0.1, -0.05) is 42.1 Å². The fourth-order valence-corrected chi connectivity index (χ4v) is 4.64. The molecule has 30 heavy (non-hydrogen) atoms. The molecule has 2 heterocycles. The molecule has 0 unspecified atom stereocenters. The van der Waals surface area contributed by atoms with E-state index in [0.717, 1.165) is 48.4 Å². The Morgan fingerprint density at radius 2 is 1.70 bits per heavy atom. The molecule has 0 N–H and O–H groups in total. The third-order valence-electron chi connectivity index (χ3n) is 5.48. The monoisotopic (exact) mass is 421 g/mol. The van der Waals surface area contributed by atoms with Gasteiger partial charge in [-0.2, -0.15) is 0 Å². The fraction of sp³-hybridized carbons (Fsp3) is 0.348. The van der Waals surface area contributed by atoms with Gasteiger partial charge >= 0.3 is 0 Å². The number of amides is 1. The number of benzene rings is 2. The summed E-state index contributed by atoms with van der Waals surface area (Å²) in [5.41, 5.74) is 4.64. The van der Waals surface area contributed by atoms with E-state index in [0.29, 0.717) is 5.75 Å². The summed E-state index contributed by atoms with van der Waals surface area (Å²) < 4.78 is 2.05. The van der Waals surface area contributed by atoms with Crippen LogP contribution in [0.1, 0.15) is 17.0 Å². The average molecular weight is 422 g/mol.